The van der Waals surface area contributed by atoms with E-state index >= 15 is 0 Å². The lowest BCUT2D eigenvalue weighted by atomic mass is 10.1. The molecule has 1 fully saturated rings. The third kappa shape index (κ3) is 2.22. The maximum Gasteiger partial charge on any atom is 0.252 e. The number of para-hydroxylation sites is 1. The first kappa shape index (κ1) is 12.9. The van der Waals surface area contributed by atoms with E-state index in [-0.39, 0.29) is 17.5 Å². The van der Waals surface area contributed by atoms with Crippen LogP contribution in [0, 0.1) is 0 Å². The van der Waals surface area contributed by atoms with Gasteiger partial charge in [-0.2, -0.15) is 0 Å². The summed E-state index contributed by atoms with van der Waals surface area (Å²) in [5.74, 6) is -0.134. The van der Waals surface area contributed by atoms with Gasteiger partial charge in [0.1, 0.15) is 0 Å². The highest BCUT2D eigenvalue weighted by molar-refractivity contribution is 6.06. The van der Waals surface area contributed by atoms with Crippen LogP contribution in [0.1, 0.15) is 36.0 Å². The Balaban J connectivity index is 2.04. The molecule has 0 aliphatic heterocycles. The number of rotatable bonds is 2. The molecule has 104 valence electrons. The van der Waals surface area contributed by atoms with Crippen molar-refractivity contribution in [3.63, 3.8) is 0 Å². The van der Waals surface area contributed by atoms with Crippen molar-refractivity contribution in [3.8, 4) is 0 Å². The molecular weight excluding hydrogens is 252 g/mol. The normalized spacial score (nSPS) is 15.7. The average Bonchev–Trinajstić information content (AvgIpc) is 2.95. The summed E-state index contributed by atoms with van der Waals surface area (Å²) in [5, 5.41) is 3.87. The molecule has 4 heteroatoms. The van der Waals surface area contributed by atoms with Crippen molar-refractivity contribution in [1.82, 2.24) is 9.88 Å². The van der Waals surface area contributed by atoms with Crippen molar-refractivity contribution in [2.45, 2.75) is 31.7 Å². The molecule has 2 aromatic rings. The second-order valence-corrected chi connectivity index (χ2v) is 5.43. The van der Waals surface area contributed by atoms with Crippen molar-refractivity contribution < 1.29 is 4.79 Å². The van der Waals surface area contributed by atoms with E-state index < -0.39 is 0 Å². The molecule has 4 nitrogen and oxygen atoms in total. The zero-order chi connectivity index (χ0) is 14.1. The van der Waals surface area contributed by atoms with Gasteiger partial charge in [0, 0.05) is 24.5 Å². The largest absolute Gasteiger partial charge is 0.349 e. The van der Waals surface area contributed by atoms with Crippen molar-refractivity contribution in [2.75, 3.05) is 0 Å². The number of aromatic nitrogens is 1. The maximum absolute atomic E-state index is 12.4. The van der Waals surface area contributed by atoms with Crippen LogP contribution in [0.15, 0.2) is 35.1 Å². The summed E-state index contributed by atoms with van der Waals surface area (Å²) in [7, 11) is 1.73. The monoisotopic (exact) mass is 270 g/mol. The van der Waals surface area contributed by atoms with Gasteiger partial charge in [-0.25, -0.2) is 0 Å². The fourth-order valence-corrected chi connectivity index (χ4v) is 2.93. The predicted molar refractivity (Wildman–Crippen MR) is 78.9 cm³/mol. The van der Waals surface area contributed by atoms with Crippen LogP contribution in [0.3, 0.4) is 0 Å². The standard InChI is InChI=1S/C16H18N2O2/c1-18-14-9-5-4-8-12(14)13(10-15(18)19)16(20)17-11-6-2-3-7-11/h4-5,8-11H,2-3,6-7H2,1H3,(H,17,20). The average molecular weight is 270 g/mol. The number of aryl methyl sites for hydroxylation is 1. The van der Waals surface area contributed by atoms with Gasteiger partial charge in [-0.3, -0.25) is 9.59 Å². The zero-order valence-electron chi connectivity index (χ0n) is 11.6. The highest BCUT2D eigenvalue weighted by Gasteiger charge is 2.20. The van der Waals surface area contributed by atoms with Gasteiger partial charge in [0.15, 0.2) is 0 Å². The van der Waals surface area contributed by atoms with Gasteiger partial charge in [-0.1, -0.05) is 31.0 Å². The van der Waals surface area contributed by atoms with E-state index in [1.807, 2.05) is 24.3 Å². The van der Waals surface area contributed by atoms with E-state index in [4.69, 9.17) is 0 Å². The van der Waals surface area contributed by atoms with E-state index in [0.29, 0.717) is 5.56 Å². The van der Waals surface area contributed by atoms with Crippen LogP contribution in [0.2, 0.25) is 0 Å². The number of nitrogens with one attached hydrogen (secondary N) is 1. The number of carbonyl (C=O) groups is 1. The van der Waals surface area contributed by atoms with Gasteiger partial charge in [0.25, 0.3) is 11.5 Å². The molecule has 1 N–H and O–H groups in total. The van der Waals surface area contributed by atoms with Crippen molar-refractivity contribution in [2.24, 2.45) is 7.05 Å². The molecule has 1 aliphatic rings. The fourth-order valence-electron chi connectivity index (χ4n) is 2.93. The van der Waals surface area contributed by atoms with E-state index in [1.54, 1.807) is 11.6 Å². The summed E-state index contributed by atoms with van der Waals surface area (Å²) in [4.78, 5) is 24.4. The SMILES string of the molecule is Cn1c(=O)cc(C(=O)NC2CCCC2)c2ccccc21. The molecule has 3 rings (SSSR count). The summed E-state index contributed by atoms with van der Waals surface area (Å²) in [6, 6.07) is 9.21. The van der Waals surface area contributed by atoms with Gasteiger partial charge in [0.2, 0.25) is 0 Å². The molecule has 0 radical (unpaired) electrons. The second-order valence-electron chi connectivity index (χ2n) is 5.43. The molecule has 1 amide bonds. The third-order valence-corrected chi connectivity index (χ3v) is 4.09. The van der Waals surface area contributed by atoms with Gasteiger partial charge in [-0.05, 0) is 18.9 Å². The van der Waals surface area contributed by atoms with Crippen LogP contribution < -0.4 is 10.9 Å². The van der Waals surface area contributed by atoms with Crippen LogP contribution in [-0.4, -0.2) is 16.5 Å². The number of carbonyl (C=O) groups excluding carboxylic acids is 1. The Labute approximate surface area is 117 Å². The second kappa shape index (κ2) is 5.12. The Kier molecular flexibility index (Phi) is 3.30. The number of hydrogen-bond donors (Lipinski definition) is 1. The van der Waals surface area contributed by atoms with Crippen LogP contribution in [0.25, 0.3) is 10.9 Å². The van der Waals surface area contributed by atoms with Gasteiger partial charge < -0.3 is 9.88 Å². The van der Waals surface area contributed by atoms with E-state index in [0.717, 1.165) is 23.7 Å². The first-order chi connectivity index (χ1) is 9.66. The number of pyridine rings is 1. The van der Waals surface area contributed by atoms with E-state index in [1.165, 1.54) is 18.9 Å². The zero-order valence-corrected chi connectivity index (χ0v) is 11.6. The summed E-state index contributed by atoms with van der Waals surface area (Å²) in [6.07, 6.45) is 4.41. The lowest BCUT2D eigenvalue weighted by Gasteiger charge is -2.14. The van der Waals surface area contributed by atoms with Gasteiger partial charge >= 0.3 is 0 Å². The Morgan fingerprint density at radius 2 is 1.95 bits per heavy atom. The lowest BCUT2D eigenvalue weighted by molar-refractivity contribution is 0.0939. The molecule has 1 heterocycles. The molecular formula is C16H18N2O2. The number of hydrogen-bond acceptors (Lipinski definition) is 2. The molecule has 20 heavy (non-hydrogen) atoms. The minimum atomic E-state index is -0.153. The quantitative estimate of drug-likeness (QED) is 0.909. The molecule has 1 aliphatic carbocycles. The highest BCUT2D eigenvalue weighted by Crippen LogP contribution is 2.20. The van der Waals surface area contributed by atoms with Crippen LogP contribution in [0.4, 0.5) is 0 Å². The van der Waals surface area contributed by atoms with Crippen molar-refractivity contribution >= 4 is 16.8 Å². The maximum atomic E-state index is 12.4. The molecule has 0 saturated heterocycles. The van der Waals surface area contributed by atoms with Gasteiger partial charge in [0.05, 0.1) is 11.1 Å². The first-order valence-electron chi connectivity index (χ1n) is 7.06. The van der Waals surface area contributed by atoms with Crippen LogP contribution in [-0.2, 0) is 7.05 Å². The van der Waals surface area contributed by atoms with Gasteiger partial charge in [-0.15, -0.1) is 0 Å². The molecule has 1 aromatic heterocycles. The number of amides is 1. The molecule has 0 unspecified atom stereocenters. The molecule has 1 saturated carbocycles. The Bertz CT molecular complexity index is 712. The predicted octanol–water partition coefficient (Wildman–Crippen LogP) is 2.21. The molecule has 0 spiro atoms. The summed E-state index contributed by atoms with van der Waals surface area (Å²) < 4.78 is 1.57. The molecule has 0 atom stereocenters. The fraction of sp³-hybridized carbons (Fsp3) is 0.375. The van der Waals surface area contributed by atoms with E-state index in [2.05, 4.69) is 5.32 Å². The topological polar surface area (TPSA) is 51.1 Å². The third-order valence-electron chi connectivity index (χ3n) is 4.09. The smallest absolute Gasteiger partial charge is 0.252 e. The minimum Gasteiger partial charge on any atom is -0.349 e. The minimum absolute atomic E-state index is 0.134. The lowest BCUT2D eigenvalue weighted by Crippen LogP contribution is -2.33. The number of benzene rings is 1. The number of fused-ring (bicyclic) bond motifs is 1. The molecule has 0 bridgehead atoms. The summed E-state index contributed by atoms with van der Waals surface area (Å²) in [5.41, 5.74) is 1.12. The van der Waals surface area contributed by atoms with Crippen molar-refractivity contribution in [1.29, 1.82) is 0 Å². The Morgan fingerprint density at radius 1 is 1.25 bits per heavy atom. The summed E-state index contributed by atoms with van der Waals surface area (Å²) >= 11 is 0. The first-order valence-corrected chi connectivity index (χ1v) is 7.06. The number of nitrogens with zero attached hydrogens (tertiary/aromatic N) is 1. The van der Waals surface area contributed by atoms with E-state index in [9.17, 15) is 9.59 Å². The van der Waals surface area contributed by atoms with Crippen LogP contribution >= 0.6 is 0 Å². The summed E-state index contributed by atoms with van der Waals surface area (Å²) in [6.45, 7) is 0. The van der Waals surface area contributed by atoms with Crippen LogP contribution in [0.5, 0.6) is 0 Å². The molecule has 1 aromatic carbocycles. The highest BCUT2D eigenvalue weighted by atomic mass is 16.2. The Hall–Kier alpha value is -2.10. The Morgan fingerprint density at radius 3 is 2.70 bits per heavy atom. The van der Waals surface area contributed by atoms with Crippen molar-refractivity contribution in [3.05, 3.63) is 46.2 Å².